The molecule has 288 valence electrons. The third-order valence-corrected chi connectivity index (χ3v) is 10.2. The molecule has 1 aliphatic carbocycles. The molecule has 0 aromatic rings. The van der Waals surface area contributed by atoms with Gasteiger partial charge in [0.2, 0.25) is 5.91 Å². The average Bonchev–Trinajstić information content (AvgIpc) is 3.09. The molecule has 3 aliphatic rings. The SMILES string of the molecule is CCCCCCCCCCCCCCCC(=O)NCC1O[C@H](O[C@@H]2C(O)C(O[C@H]3O[C@H](CN)[C@@H](O)C(O)C3O)CC[C@H]2N)C(O)[C@@H](N)[C@@H]1O. The molecular weight excluding hydrogens is 640 g/mol. The van der Waals surface area contributed by atoms with Crippen LogP contribution in [0.1, 0.15) is 110 Å². The van der Waals surface area contributed by atoms with E-state index in [9.17, 15) is 35.4 Å². The maximum Gasteiger partial charge on any atom is 0.220 e. The zero-order valence-electron chi connectivity index (χ0n) is 29.3. The summed E-state index contributed by atoms with van der Waals surface area (Å²) in [7, 11) is 0. The van der Waals surface area contributed by atoms with Crippen LogP contribution in [0.5, 0.6) is 0 Å². The molecule has 2 heterocycles. The van der Waals surface area contributed by atoms with Crippen molar-refractivity contribution in [3.05, 3.63) is 0 Å². The Hall–Kier alpha value is -1.05. The second kappa shape index (κ2) is 22.1. The van der Waals surface area contributed by atoms with Gasteiger partial charge in [-0.05, 0) is 19.3 Å². The average molecular weight is 707 g/mol. The first kappa shape index (κ1) is 42.4. The normalized spacial score (nSPS) is 38.4. The van der Waals surface area contributed by atoms with Gasteiger partial charge < -0.3 is 72.1 Å². The van der Waals surface area contributed by atoms with Gasteiger partial charge in [0, 0.05) is 25.6 Å². The van der Waals surface area contributed by atoms with Crippen LogP contribution in [-0.2, 0) is 23.7 Å². The molecule has 14 atom stereocenters. The van der Waals surface area contributed by atoms with Gasteiger partial charge >= 0.3 is 0 Å². The molecule has 15 nitrogen and oxygen atoms in total. The first-order chi connectivity index (χ1) is 23.5. The minimum Gasteiger partial charge on any atom is -0.389 e. The van der Waals surface area contributed by atoms with E-state index in [-0.39, 0.29) is 25.4 Å². The minimum absolute atomic E-state index is 0.0584. The Labute approximate surface area is 291 Å². The number of aliphatic hydroxyl groups excluding tert-OH is 6. The summed E-state index contributed by atoms with van der Waals surface area (Å²) in [4.78, 5) is 12.5. The standard InChI is InChI=1S/C34H66N4O11/c1-2-3-4-5-6-7-8-9-10-11-12-13-14-15-24(39)38-19-23-26(40)25(37)29(43)33(48-23)49-32-20(36)16-17-21(28(32)42)46-34-31(45)30(44)27(41)22(18-35)47-34/h20-23,25-34,40-45H,2-19,35-37H2,1H3,(H,38,39)/t20-,21?,22-,23?,25+,26-,27-,28?,29?,30?,31?,32+,33-,34+/m1/s1. The van der Waals surface area contributed by atoms with E-state index in [0.717, 1.165) is 19.3 Å². The van der Waals surface area contributed by atoms with Crippen molar-refractivity contribution >= 4 is 5.91 Å². The molecule has 15 heteroatoms. The summed E-state index contributed by atoms with van der Waals surface area (Å²) in [6.45, 7) is 2.04. The summed E-state index contributed by atoms with van der Waals surface area (Å²) in [5.41, 5.74) is 18.0. The number of hydrogen-bond acceptors (Lipinski definition) is 14. The maximum absolute atomic E-state index is 12.5. The molecule has 0 bridgehead atoms. The highest BCUT2D eigenvalue weighted by atomic mass is 16.7. The van der Waals surface area contributed by atoms with Crippen LogP contribution in [0.3, 0.4) is 0 Å². The van der Waals surface area contributed by atoms with Gasteiger partial charge in [-0.25, -0.2) is 0 Å². The lowest BCUT2D eigenvalue weighted by Gasteiger charge is -2.46. The van der Waals surface area contributed by atoms with Gasteiger partial charge in [0.15, 0.2) is 12.6 Å². The zero-order valence-corrected chi connectivity index (χ0v) is 29.3. The second-order valence-electron chi connectivity index (χ2n) is 14.2. The monoisotopic (exact) mass is 706 g/mol. The van der Waals surface area contributed by atoms with Crippen LogP contribution in [0, 0.1) is 0 Å². The van der Waals surface area contributed by atoms with E-state index < -0.39 is 85.7 Å². The van der Waals surface area contributed by atoms with Gasteiger partial charge in [-0.1, -0.05) is 84.0 Å². The predicted molar refractivity (Wildman–Crippen MR) is 181 cm³/mol. The predicted octanol–water partition coefficient (Wildman–Crippen LogP) is -0.623. The van der Waals surface area contributed by atoms with Crippen molar-refractivity contribution < 1.29 is 54.4 Å². The van der Waals surface area contributed by atoms with Crippen molar-refractivity contribution in [2.45, 2.75) is 195 Å². The summed E-state index contributed by atoms with van der Waals surface area (Å²) in [5.74, 6) is -0.178. The Morgan fingerprint density at radius 2 is 1.22 bits per heavy atom. The van der Waals surface area contributed by atoms with E-state index >= 15 is 0 Å². The number of carbonyl (C=O) groups excluding carboxylic acids is 1. The first-order valence-corrected chi connectivity index (χ1v) is 18.7. The van der Waals surface area contributed by atoms with Crippen LogP contribution in [0.2, 0.25) is 0 Å². The number of nitrogens with two attached hydrogens (primary N) is 3. The molecule has 0 radical (unpaired) electrons. The summed E-state index contributed by atoms with van der Waals surface area (Å²) in [5, 5.41) is 66.1. The molecule has 49 heavy (non-hydrogen) atoms. The Morgan fingerprint density at radius 1 is 0.673 bits per heavy atom. The Kier molecular flexibility index (Phi) is 19.1. The molecule has 0 aromatic carbocycles. The largest absolute Gasteiger partial charge is 0.389 e. The number of carbonyl (C=O) groups is 1. The van der Waals surface area contributed by atoms with Crippen molar-refractivity contribution in [1.29, 1.82) is 0 Å². The van der Waals surface area contributed by atoms with Gasteiger partial charge in [0.25, 0.3) is 0 Å². The molecule has 1 amide bonds. The number of rotatable bonds is 21. The zero-order chi connectivity index (χ0) is 35.9. The van der Waals surface area contributed by atoms with Crippen molar-refractivity contribution in [3.8, 4) is 0 Å². The number of nitrogens with one attached hydrogen (secondary N) is 1. The van der Waals surface area contributed by atoms with Crippen LogP contribution in [0.4, 0.5) is 0 Å². The third kappa shape index (κ3) is 12.8. The lowest BCUT2D eigenvalue weighted by molar-refractivity contribution is -0.329. The maximum atomic E-state index is 12.5. The van der Waals surface area contributed by atoms with E-state index in [1.165, 1.54) is 64.2 Å². The van der Waals surface area contributed by atoms with Crippen molar-refractivity contribution in [1.82, 2.24) is 5.32 Å². The smallest absolute Gasteiger partial charge is 0.220 e. The highest BCUT2D eigenvalue weighted by Crippen LogP contribution is 2.31. The quantitative estimate of drug-likeness (QED) is 0.0667. The van der Waals surface area contributed by atoms with Crippen molar-refractivity contribution in [3.63, 3.8) is 0 Å². The first-order valence-electron chi connectivity index (χ1n) is 18.7. The Balaban J connectivity index is 1.40. The van der Waals surface area contributed by atoms with Crippen LogP contribution in [-0.4, -0.2) is 135 Å². The lowest BCUT2D eigenvalue weighted by atomic mass is 9.87. The van der Waals surface area contributed by atoms with Crippen molar-refractivity contribution in [2.75, 3.05) is 13.1 Å². The fourth-order valence-electron chi connectivity index (χ4n) is 6.89. The molecule has 2 aliphatic heterocycles. The topological polar surface area (TPSA) is 265 Å². The van der Waals surface area contributed by atoms with E-state index in [0.29, 0.717) is 12.8 Å². The van der Waals surface area contributed by atoms with Crippen LogP contribution < -0.4 is 22.5 Å². The van der Waals surface area contributed by atoms with Gasteiger partial charge in [-0.2, -0.15) is 0 Å². The molecule has 13 N–H and O–H groups in total. The van der Waals surface area contributed by atoms with Gasteiger partial charge in [-0.15, -0.1) is 0 Å². The second-order valence-corrected chi connectivity index (χ2v) is 14.2. The van der Waals surface area contributed by atoms with Crippen LogP contribution >= 0.6 is 0 Å². The summed E-state index contributed by atoms with van der Waals surface area (Å²) < 4.78 is 23.2. The molecular formula is C34H66N4O11. The van der Waals surface area contributed by atoms with Crippen LogP contribution in [0.15, 0.2) is 0 Å². The van der Waals surface area contributed by atoms with E-state index in [2.05, 4.69) is 12.2 Å². The molecule has 3 rings (SSSR count). The van der Waals surface area contributed by atoms with E-state index in [1.54, 1.807) is 0 Å². The fourth-order valence-corrected chi connectivity index (χ4v) is 6.89. The van der Waals surface area contributed by atoms with E-state index in [1.807, 2.05) is 0 Å². The van der Waals surface area contributed by atoms with E-state index in [4.69, 9.17) is 36.1 Å². The number of amides is 1. The fraction of sp³-hybridized carbons (Fsp3) is 0.971. The van der Waals surface area contributed by atoms with Crippen LogP contribution in [0.25, 0.3) is 0 Å². The van der Waals surface area contributed by atoms with Gasteiger partial charge in [0.1, 0.15) is 48.8 Å². The number of ether oxygens (including phenoxy) is 4. The molecule has 0 spiro atoms. The Morgan fingerprint density at radius 3 is 1.82 bits per heavy atom. The molecule has 0 aromatic heterocycles. The number of hydrogen-bond donors (Lipinski definition) is 10. The summed E-state index contributed by atoms with van der Waals surface area (Å²) >= 11 is 0. The minimum atomic E-state index is -1.61. The summed E-state index contributed by atoms with van der Waals surface area (Å²) in [6.07, 6.45) is 1.09. The Bertz CT molecular complexity index is 923. The van der Waals surface area contributed by atoms with Gasteiger partial charge in [0.05, 0.1) is 18.2 Å². The number of unbranched alkanes of at least 4 members (excludes halogenated alkanes) is 12. The molecule has 2 saturated heterocycles. The lowest BCUT2D eigenvalue weighted by Crippen LogP contribution is -2.66. The molecule has 3 fully saturated rings. The van der Waals surface area contributed by atoms with Crippen molar-refractivity contribution in [2.24, 2.45) is 17.2 Å². The third-order valence-electron chi connectivity index (χ3n) is 10.2. The van der Waals surface area contributed by atoms with Gasteiger partial charge in [-0.3, -0.25) is 4.79 Å². The number of aliphatic hydroxyl groups is 6. The molecule has 6 unspecified atom stereocenters. The molecule has 1 saturated carbocycles. The highest BCUT2D eigenvalue weighted by Gasteiger charge is 2.50. The highest BCUT2D eigenvalue weighted by molar-refractivity contribution is 5.75. The summed E-state index contributed by atoms with van der Waals surface area (Å²) in [6, 6.07) is -1.87.